The number of carbonyl (C=O) groups is 2. The maximum Gasteiger partial charge on any atom is 0.295 e. The third kappa shape index (κ3) is 4.39. The summed E-state index contributed by atoms with van der Waals surface area (Å²) in [6.45, 7) is 7.41. The number of fused-ring (bicyclic) bond motifs is 1. The van der Waals surface area contributed by atoms with Gasteiger partial charge in [-0.15, -0.1) is 0 Å². The first-order chi connectivity index (χ1) is 18.3. The predicted octanol–water partition coefficient (Wildman–Crippen LogP) is 2.72. The van der Waals surface area contributed by atoms with E-state index in [2.05, 4.69) is 9.88 Å². The van der Waals surface area contributed by atoms with Crippen LogP contribution in [0.25, 0.3) is 11.4 Å². The Balaban J connectivity index is 1.63. The highest BCUT2D eigenvalue weighted by atomic mass is 16.5. The van der Waals surface area contributed by atoms with Crippen molar-refractivity contribution in [3.63, 3.8) is 0 Å². The van der Waals surface area contributed by atoms with Crippen LogP contribution in [0.1, 0.15) is 28.6 Å². The van der Waals surface area contributed by atoms with Gasteiger partial charge in [-0.3, -0.25) is 14.5 Å². The van der Waals surface area contributed by atoms with Crippen LogP contribution in [-0.4, -0.2) is 89.6 Å². The van der Waals surface area contributed by atoms with E-state index in [1.54, 1.807) is 25.3 Å². The highest BCUT2D eigenvalue weighted by Gasteiger charge is 2.46. The van der Waals surface area contributed by atoms with Crippen molar-refractivity contribution in [2.75, 3.05) is 53.6 Å². The minimum atomic E-state index is -0.818. The lowest BCUT2D eigenvalue weighted by molar-refractivity contribution is -0.140. The first-order valence-electron chi connectivity index (χ1n) is 12.6. The molecule has 0 bridgehead atoms. The molecule has 1 aromatic carbocycles. The van der Waals surface area contributed by atoms with E-state index in [9.17, 15) is 14.7 Å². The number of aliphatic hydroxyl groups excluding tert-OH is 1. The van der Waals surface area contributed by atoms with E-state index in [4.69, 9.17) is 14.2 Å². The average Bonchev–Trinajstić information content (AvgIpc) is 3.41. The van der Waals surface area contributed by atoms with Gasteiger partial charge >= 0.3 is 0 Å². The van der Waals surface area contributed by atoms with Crippen LogP contribution in [-0.2, 0) is 14.3 Å². The van der Waals surface area contributed by atoms with Crippen LogP contribution in [0.2, 0.25) is 0 Å². The van der Waals surface area contributed by atoms with E-state index in [-0.39, 0.29) is 17.0 Å². The Kier molecular flexibility index (Phi) is 7.09. The Morgan fingerprint density at radius 1 is 1.08 bits per heavy atom. The molecule has 4 heterocycles. The van der Waals surface area contributed by atoms with Crippen LogP contribution in [0, 0.1) is 13.8 Å². The summed E-state index contributed by atoms with van der Waals surface area (Å²) in [6.07, 6.45) is 1.86. The molecule has 2 aliphatic heterocycles. The Labute approximate surface area is 221 Å². The number of Topliss-reactive ketones (excluding diaryl/α,β-unsaturated/α-hetero) is 1. The average molecular weight is 521 g/mol. The standard InChI is InChI=1S/C28H32N4O6/c1-17-6-5-9-31-18(2)23(29-27(17)31)25(33)22-24(19-7-8-20(36-3)21(16-19)37-4)32(28(35)26(22)34)11-10-30-12-14-38-15-13-30/h5-9,16,24,33H,10-15H2,1-4H3. The van der Waals surface area contributed by atoms with Gasteiger partial charge in [0.2, 0.25) is 0 Å². The molecule has 1 unspecified atom stereocenters. The van der Waals surface area contributed by atoms with Gasteiger partial charge in [-0.05, 0) is 43.2 Å². The number of nitrogens with zero attached hydrogens (tertiary/aromatic N) is 4. The molecule has 0 aliphatic carbocycles. The fourth-order valence-electron chi connectivity index (χ4n) is 5.23. The van der Waals surface area contributed by atoms with Crippen LogP contribution in [0.4, 0.5) is 0 Å². The number of aromatic nitrogens is 2. The number of hydrogen-bond acceptors (Lipinski definition) is 8. The van der Waals surface area contributed by atoms with Gasteiger partial charge in [-0.2, -0.15) is 0 Å². The lowest BCUT2D eigenvalue weighted by atomic mass is 9.96. The van der Waals surface area contributed by atoms with Crippen molar-refractivity contribution in [1.29, 1.82) is 0 Å². The first-order valence-corrected chi connectivity index (χ1v) is 12.6. The Hall–Kier alpha value is -3.89. The van der Waals surface area contributed by atoms with Crippen molar-refractivity contribution >= 4 is 23.1 Å². The van der Waals surface area contributed by atoms with Gasteiger partial charge in [-0.25, -0.2) is 4.98 Å². The number of carbonyl (C=O) groups excluding carboxylic acids is 2. The minimum Gasteiger partial charge on any atom is -0.505 e. The molecule has 200 valence electrons. The lowest BCUT2D eigenvalue weighted by Gasteiger charge is -2.31. The molecular formula is C28H32N4O6. The van der Waals surface area contributed by atoms with Gasteiger partial charge in [0, 0.05) is 32.4 Å². The summed E-state index contributed by atoms with van der Waals surface area (Å²) < 4.78 is 18.2. The molecule has 10 nitrogen and oxygen atoms in total. The first kappa shape index (κ1) is 25.7. The SMILES string of the molecule is COc1ccc(C2C(=C(O)c3nc4c(C)cccn4c3C)C(=O)C(=O)N2CCN2CCOCC2)cc1OC. The number of benzene rings is 1. The summed E-state index contributed by atoms with van der Waals surface area (Å²) in [5.74, 6) is -0.705. The summed E-state index contributed by atoms with van der Waals surface area (Å²) in [6, 6.07) is 8.27. The molecule has 5 rings (SSSR count). The van der Waals surface area contributed by atoms with Crippen molar-refractivity contribution in [2.24, 2.45) is 0 Å². The molecule has 2 aliphatic rings. The third-order valence-electron chi connectivity index (χ3n) is 7.33. The zero-order chi connectivity index (χ0) is 27.0. The molecule has 2 fully saturated rings. The number of amides is 1. The summed E-state index contributed by atoms with van der Waals surface area (Å²) in [5.41, 5.74) is 3.19. The number of ketones is 1. The number of rotatable bonds is 7. The Bertz CT molecular complexity index is 1420. The van der Waals surface area contributed by atoms with Gasteiger partial charge in [-0.1, -0.05) is 12.1 Å². The van der Waals surface area contributed by atoms with E-state index in [1.165, 1.54) is 12.0 Å². The van der Waals surface area contributed by atoms with Crippen LogP contribution in [0.5, 0.6) is 11.5 Å². The topological polar surface area (TPSA) is 106 Å². The molecule has 1 atom stereocenters. The molecule has 10 heteroatoms. The predicted molar refractivity (Wildman–Crippen MR) is 140 cm³/mol. The molecule has 2 aromatic heterocycles. The molecule has 0 saturated carbocycles. The van der Waals surface area contributed by atoms with Crippen LogP contribution >= 0.6 is 0 Å². The second-order valence-corrected chi connectivity index (χ2v) is 9.49. The van der Waals surface area contributed by atoms with Gasteiger partial charge < -0.3 is 28.6 Å². The second kappa shape index (κ2) is 10.5. The number of hydrogen-bond donors (Lipinski definition) is 1. The highest BCUT2D eigenvalue weighted by Crippen LogP contribution is 2.42. The summed E-state index contributed by atoms with van der Waals surface area (Å²) >= 11 is 0. The van der Waals surface area contributed by atoms with Crippen LogP contribution in [0.15, 0.2) is 42.1 Å². The maximum absolute atomic E-state index is 13.5. The third-order valence-corrected chi connectivity index (χ3v) is 7.33. The fourth-order valence-corrected chi connectivity index (χ4v) is 5.23. The molecule has 38 heavy (non-hydrogen) atoms. The fraction of sp³-hybridized carbons (Fsp3) is 0.393. The van der Waals surface area contributed by atoms with E-state index in [0.717, 1.165) is 18.7 Å². The van der Waals surface area contributed by atoms with Gasteiger partial charge in [0.15, 0.2) is 17.3 Å². The largest absolute Gasteiger partial charge is 0.505 e. The molecule has 0 radical (unpaired) electrons. The summed E-state index contributed by atoms with van der Waals surface area (Å²) in [4.78, 5) is 35.3. The van der Waals surface area contributed by atoms with Gasteiger partial charge in [0.1, 0.15) is 11.3 Å². The summed E-state index contributed by atoms with van der Waals surface area (Å²) in [7, 11) is 3.07. The number of imidazole rings is 1. The van der Waals surface area contributed by atoms with Gasteiger partial charge in [0.05, 0.1) is 44.7 Å². The number of morpholine rings is 1. The monoisotopic (exact) mass is 520 g/mol. The van der Waals surface area contributed by atoms with E-state index in [1.807, 2.05) is 36.6 Å². The molecule has 2 saturated heterocycles. The lowest BCUT2D eigenvalue weighted by Crippen LogP contribution is -2.42. The number of likely N-dealkylation sites (tertiary alicyclic amines) is 1. The van der Waals surface area contributed by atoms with Crippen LogP contribution in [0.3, 0.4) is 0 Å². The number of pyridine rings is 1. The van der Waals surface area contributed by atoms with E-state index in [0.29, 0.717) is 54.7 Å². The van der Waals surface area contributed by atoms with Crippen LogP contribution < -0.4 is 9.47 Å². The number of ether oxygens (including phenoxy) is 3. The van der Waals surface area contributed by atoms with Crippen molar-refractivity contribution in [3.05, 3.63) is 64.6 Å². The Morgan fingerprint density at radius 2 is 1.82 bits per heavy atom. The van der Waals surface area contributed by atoms with Crippen molar-refractivity contribution in [2.45, 2.75) is 19.9 Å². The zero-order valence-electron chi connectivity index (χ0n) is 22.1. The molecule has 3 aromatic rings. The molecular weight excluding hydrogens is 488 g/mol. The molecule has 0 spiro atoms. The van der Waals surface area contributed by atoms with E-state index >= 15 is 0 Å². The highest BCUT2D eigenvalue weighted by molar-refractivity contribution is 6.46. The van der Waals surface area contributed by atoms with E-state index < -0.39 is 17.7 Å². The Morgan fingerprint density at radius 3 is 2.50 bits per heavy atom. The molecule has 1 N–H and O–H groups in total. The maximum atomic E-state index is 13.5. The number of aliphatic hydroxyl groups is 1. The quantitative estimate of drug-likeness (QED) is 0.288. The number of methoxy groups -OCH3 is 2. The smallest absolute Gasteiger partial charge is 0.295 e. The van der Waals surface area contributed by atoms with Gasteiger partial charge in [0.25, 0.3) is 11.7 Å². The minimum absolute atomic E-state index is 0.00774. The summed E-state index contributed by atoms with van der Waals surface area (Å²) in [5, 5.41) is 11.6. The number of aryl methyl sites for hydroxylation is 2. The zero-order valence-corrected chi connectivity index (χ0v) is 22.1. The molecule has 1 amide bonds. The van der Waals surface area contributed by atoms with Crippen molar-refractivity contribution < 1.29 is 28.9 Å². The second-order valence-electron chi connectivity index (χ2n) is 9.49. The van der Waals surface area contributed by atoms with Crippen molar-refractivity contribution in [1.82, 2.24) is 19.2 Å². The van der Waals surface area contributed by atoms with Crippen molar-refractivity contribution in [3.8, 4) is 11.5 Å². The normalized spacial score (nSPS) is 19.9.